The number of aliphatic hydroxyl groups excluding tert-OH is 1. The van der Waals surface area contributed by atoms with Gasteiger partial charge in [-0.3, -0.25) is 0 Å². The number of aromatic nitrogens is 2. The first-order chi connectivity index (χ1) is 8.04. The van der Waals surface area contributed by atoms with E-state index in [1.807, 2.05) is 0 Å². The van der Waals surface area contributed by atoms with Gasteiger partial charge in [-0.05, 0) is 19.3 Å². The zero-order valence-corrected chi connectivity index (χ0v) is 10.5. The fourth-order valence-corrected chi connectivity index (χ4v) is 3.75. The first-order valence-corrected chi connectivity index (χ1v) is 7.49. The average Bonchev–Trinajstić information content (AvgIpc) is 2.76. The molecule has 1 saturated heterocycles. The quantitative estimate of drug-likeness (QED) is 0.876. The Morgan fingerprint density at radius 1 is 1.53 bits per heavy atom. The van der Waals surface area contributed by atoms with E-state index >= 15 is 0 Å². The molecule has 2 heterocycles. The van der Waals surface area contributed by atoms with E-state index in [4.69, 9.17) is 4.52 Å². The Hall–Kier alpha value is -0.950. The molecule has 0 spiro atoms. The smallest absolute Gasteiger partial charge is 0.245 e. The monoisotopic (exact) mass is 260 g/mol. The highest BCUT2D eigenvalue weighted by Crippen LogP contribution is 2.32. The summed E-state index contributed by atoms with van der Waals surface area (Å²) in [6.07, 6.45) is 1.73. The van der Waals surface area contributed by atoms with Gasteiger partial charge in [-0.1, -0.05) is 18.5 Å². The van der Waals surface area contributed by atoms with Crippen LogP contribution in [0.15, 0.2) is 4.52 Å². The highest BCUT2D eigenvalue weighted by Gasteiger charge is 2.35. The van der Waals surface area contributed by atoms with Gasteiger partial charge >= 0.3 is 0 Å². The molecule has 7 heteroatoms. The van der Waals surface area contributed by atoms with Gasteiger partial charge in [0.1, 0.15) is 11.4 Å². The molecule has 1 aliphatic heterocycles. The zero-order chi connectivity index (χ0) is 12.5. The van der Waals surface area contributed by atoms with Crippen LogP contribution >= 0.6 is 0 Å². The maximum absolute atomic E-state index is 11.8. The van der Waals surface area contributed by atoms with Gasteiger partial charge in [0.05, 0.1) is 5.75 Å². The van der Waals surface area contributed by atoms with Crippen LogP contribution in [-0.4, -0.2) is 29.4 Å². The summed E-state index contributed by atoms with van der Waals surface area (Å²) in [5.41, 5.74) is 0. The summed E-state index contributed by atoms with van der Waals surface area (Å²) in [6, 6.07) is 0. The summed E-state index contributed by atoms with van der Waals surface area (Å²) in [7, 11) is -3.17. The lowest BCUT2D eigenvalue weighted by Gasteiger charge is -2.18. The van der Waals surface area contributed by atoms with Crippen molar-refractivity contribution in [1.82, 2.24) is 10.1 Å². The Kier molecular flexibility index (Phi) is 3.48. The largest absolute Gasteiger partial charge is 0.385 e. The third-order valence-corrected chi connectivity index (χ3v) is 5.16. The SMILES string of the molecule is CCC(O)c1noc(C2CCCCS2(=O)=O)n1. The van der Waals surface area contributed by atoms with Crippen LogP contribution in [0.2, 0.25) is 0 Å². The fraction of sp³-hybridized carbons (Fsp3) is 0.800. The molecule has 0 aromatic carbocycles. The molecule has 0 bridgehead atoms. The second-order valence-corrected chi connectivity index (χ2v) is 6.57. The van der Waals surface area contributed by atoms with Gasteiger partial charge in [0.15, 0.2) is 15.7 Å². The summed E-state index contributed by atoms with van der Waals surface area (Å²) in [5.74, 6) is 0.460. The standard InChI is InChI=1S/C10H16N2O4S/c1-2-7(13)9-11-10(16-12-9)8-5-3-4-6-17(8,14)15/h7-8,13H,2-6H2,1H3. The molecular weight excluding hydrogens is 244 g/mol. The molecule has 0 aliphatic carbocycles. The second kappa shape index (κ2) is 4.73. The molecule has 1 aromatic heterocycles. The minimum atomic E-state index is -3.17. The van der Waals surface area contributed by atoms with Crippen molar-refractivity contribution in [3.63, 3.8) is 0 Å². The van der Waals surface area contributed by atoms with E-state index in [1.54, 1.807) is 6.92 Å². The Morgan fingerprint density at radius 3 is 2.94 bits per heavy atom. The van der Waals surface area contributed by atoms with Crippen LogP contribution < -0.4 is 0 Å². The predicted molar refractivity (Wildman–Crippen MR) is 59.9 cm³/mol. The number of hydrogen-bond donors (Lipinski definition) is 1. The summed E-state index contributed by atoms with van der Waals surface area (Å²) >= 11 is 0. The fourth-order valence-electron chi connectivity index (χ4n) is 1.93. The first kappa shape index (κ1) is 12.5. The van der Waals surface area contributed by atoms with Crippen LogP contribution in [0.25, 0.3) is 0 Å². The second-order valence-electron chi connectivity index (χ2n) is 4.27. The van der Waals surface area contributed by atoms with Gasteiger partial charge in [0.2, 0.25) is 5.89 Å². The van der Waals surface area contributed by atoms with Gasteiger partial charge in [-0.25, -0.2) is 8.42 Å². The Balaban J connectivity index is 2.25. The normalized spacial score (nSPS) is 25.6. The van der Waals surface area contributed by atoms with Crippen LogP contribution in [-0.2, 0) is 9.84 Å². The maximum atomic E-state index is 11.8. The molecule has 1 aromatic rings. The first-order valence-electron chi connectivity index (χ1n) is 5.77. The lowest BCUT2D eigenvalue weighted by molar-refractivity contribution is 0.159. The molecule has 2 unspecified atom stereocenters. The van der Waals surface area contributed by atoms with Crippen molar-refractivity contribution < 1.29 is 18.0 Å². The minimum Gasteiger partial charge on any atom is -0.385 e. The van der Waals surface area contributed by atoms with E-state index in [2.05, 4.69) is 10.1 Å². The number of rotatable bonds is 3. The molecule has 1 N–H and O–H groups in total. The number of nitrogens with zero attached hydrogens (tertiary/aromatic N) is 2. The third kappa shape index (κ3) is 2.50. The molecule has 0 saturated carbocycles. The van der Waals surface area contributed by atoms with Crippen molar-refractivity contribution in [3.05, 3.63) is 11.7 Å². The van der Waals surface area contributed by atoms with E-state index < -0.39 is 21.2 Å². The van der Waals surface area contributed by atoms with Crippen LogP contribution in [0.3, 0.4) is 0 Å². The molecule has 0 amide bonds. The Morgan fingerprint density at radius 2 is 2.29 bits per heavy atom. The van der Waals surface area contributed by atoms with E-state index in [9.17, 15) is 13.5 Å². The molecule has 2 atom stereocenters. The van der Waals surface area contributed by atoms with Gasteiger partial charge in [-0.15, -0.1) is 0 Å². The van der Waals surface area contributed by atoms with Crippen molar-refractivity contribution in [2.24, 2.45) is 0 Å². The topological polar surface area (TPSA) is 93.3 Å². The highest BCUT2D eigenvalue weighted by atomic mass is 32.2. The number of sulfone groups is 1. The molecule has 0 radical (unpaired) electrons. The molecule has 1 aliphatic rings. The summed E-state index contributed by atoms with van der Waals surface area (Å²) in [6.45, 7) is 1.79. The minimum absolute atomic E-state index is 0.118. The average molecular weight is 260 g/mol. The van der Waals surface area contributed by atoms with E-state index in [0.29, 0.717) is 19.3 Å². The molecular formula is C10H16N2O4S. The van der Waals surface area contributed by atoms with E-state index in [1.165, 1.54) is 0 Å². The molecule has 1 fully saturated rings. The van der Waals surface area contributed by atoms with Crippen molar-refractivity contribution in [1.29, 1.82) is 0 Å². The van der Waals surface area contributed by atoms with Gasteiger partial charge in [0.25, 0.3) is 0 Å². The lowest BCUT2D eigenvalue weighted by atomic mass is 10.2. The maximum Gasteiger partial charge on any atom is 0.245 e. The van der Waals surface area contributed by atoms with E-state index in [-0.39, 0.29) is 17.5 Å². The summed E-state index contributed by atoms with van der Waals surface area (Å²) < 4.78 is 28.6. The van der Waals surface area contributed by atoms with Gasteiger partial charge < -0.3 is 9.63 Å². The zero-order valence-electron chi connectivity index (χ0n) is 9.66. The van der Waals surface area contributed by atoms with Crippen molar-refractivity contribution in [2.75, 3.05) is 5.75 Å². The molecule has 96 valence electrons. The Labute approximate surface area is 99.9 Å². The van der Waals surface area contributed by atoms with Crippen LogP contribution in [0.4, 0.5) is 0 Å². The van der Waals surface area contributed by atoms with E-state index in [0.717, 1.165) is 6.42 Å². The van der Waals surface area contributed by atoms with Crippen molar-refractivity contribution in [2.45, 2.75) is 44.0 Å². The highest BCUT2D eigenvalue weighted by molar-refractivity contribution is 7.91. The number of aliphatic hydroxyl groups is 1. The predicted octanol–water partition coefficient (Wildman–Crippen LogP) is 1.15. The van der Waals surface area contributed by atoms with Crippen LogP contribution in [0, 0.1) is 0 Å². The summed E-state index contributed by atoms with van der Waals surface area (Å²) in [5, 5.41) is 12.5. The Bertz CT molecular complexity index is 482. The molecule has 2 rings (SSSR count). The van der Waals surface area contributed by atoms with Gasteiger partial charge in [-0.2, -0.15) is 4.98 Å². The number of hydrogen-bond acceptors (Lipinski definition) is 6. The third-order valence-electron chi connectivity index (χ3n) is 3.00. The summed E-state index contributed by atoms with van der Waals surface area (Å²) in [4.78, 5) is 3.99. The lowest BCUT2D eigenvalue weighted by Crippen LogP contribution is -2.21. The van der Waals surface area contributed by atoms with Gasteiger partial charge in [0, 0.05) is 0 Å². The molecule has 6 nitrogen and oxygen atoms in total. The molecule has 17 heavy (non-hydrogen) atoms. The van der Waals surface area contributed by atoms with Crippen molar-refractivity contribution >= 4 is 9.84 Å². The van der Waals surface area contributed by atoms with Crippen molar-refractivity contribution in [3.8, 4) is 0 Å². The van der Waals surface area contributed by atoms with Crippen LogP contribution in [0.5, 0.6) is 0 Å². The van der Waals surface area contributed by atoms with Crippen LogP contribution in [0.1, 0.15) is 55.7 Å².